The molecule has 2 aliphatic rings. The van der Waals surface area contributed by atoms with Crippen molar-refractivity contribution >= 4 is 12.6 Å². The maximum atomic E-state index is 8.99. The van der Waals surface area contributed by atoms with Gasteiger partial charge in [0, 0.05) is 13.1 Å². The van der Waals surface area contributed by atoms with Gasteiger partial charge < -0.3 is 9.31 Å². The summed E-state index contributed by atoms with van der Waals surface area (Å²) in [6, 6.07) is 10.8. The van der Waals surface area contributed by atoms with Crippen LogP contribution in [0.4, 0.5) is 0 Å². The molecule has 2 heterocycles. The molecule has 0 N–H and O–H groups in total. The molecule has 1 aromatic rings. The lowest BCUT2D eigenvalue weighted by Gasteiger charge is -2.32. The third-order valence-corrected chi connectivity index (χ3v) is 5.37. The highest BCUT2D eigenvalue weighted by Gasteiger charge is 2.51. The molecular formula is C18H25BN2O2. The van der Waals surface area contributed by atoms with E-state index in [2.05, 4.69) is 62.9 Å². The minimum Gasteiger partial charge on any atom is -0.399 e. The van der Waals surface area contributed by atoms with Crippen LogP contribution in [0.5, 0.6) is 0 Å². The molecular weight excluding hydrogens is 287 g/mol. The van der Waals surface area contributed by atoms with Crippen molar-refractivity contribution in [2.45, 2.75) is 51.9 Å². The molecule has 0 saturated carbocycles. The summed E-state index contributed by atoms with van der Waals surface area (Å²) >= 11 is 0. The molecule has 5 heteroatoms. The summed E-state index contributed by atoms with van der Waals surface area (Å²) in [6.07, 6.45) is 0.989. The molecule has 0 radical (unpaired) electrons. The Kier molecular flexibility index (Phi) is 4.26. The number of likely N-dealkylation sites (tertiary alicyclic amines) is 1. The van der Waals surface area contributed by atoms with Crippen LogP contribution in [0.2, 0.25) is 0 Å². The van der Waals surface area contributed by atoms with Crippen LogP contribution in [0.3, 0.4) is 0 Å². The van der Waals surface area contributed by atoms with E-state index in [1.807, 2.05) is 0 Å². The first kappa shape index (κ1) is 16.5. The van der Waals surface area contributed by atoms with E-state index in [9.17, 15) is 0 Å². The van der Waals surface area contributed by atoms with Crippen molar-refractivity contribution in [2.75, 3.05) is 13.1 Å². The standard InChI is InChI=1S/C18H25BN2O2/c1-17(2)18(3,4)23-19(22-17)16-7-5-14(6-8-16)12-21-10-9-15(11-20)13-21/h5-8,15H,9-10,12-13H2,1-4H3/t15-/m1/s1. The van der Waals surface area contributed by atoms with Crippen molar-refractivity contribution in [3.63, 3.8) is 0 Å². The predicted molar refractivity (Wildman–Crippen MR) is 91.2 cm³/mol. The van der Waals surface area contributed by atoms with Gasteiger partial charge in [-0.05, 0) is 51.7 Å². The van der Waals surface area contributed by atoms with Crippen molar-refractivity contribution < 1.29 is 9.31 Å². The lowest BCUT2D eigenvalue weighted by Crippen LogP contribution is -2.41. The SMILES string of the molecule is CC1(C)OB(c2ccc(CN3CC[C@H](C#N)C3)cc2)OC1(C)C. The average Bonchev–Trinajstić information content (AvgIpc) is 3.02. The van der Waals surface area contributed by atoms with E-state index in [1.54, 1.807) is 0 Å². The minimum absolute atomic E-state index is 0.194. The highest BCUT2D eigenvalue weighted by molar-refractivity contribution is 6.62. The first-order valence-electron chi connectivity index (χ1n) is 8.37. The smallest absolute Gasteiger partial charge is 0.399 e. The molecule has 0 aromatic heterocycles. The van der Waals surface area contributed by atoms with Gasteiger partial charge in [-0.3, -0.25) is 4.90 Å². The van der Waals surface area contributed by atoms with Crippen LogP contribution in [-0.4, -0.2) is 36.3 Å². The Morgan fingerprint density at radius 3 is 2.30 bits per heavy atom. The first-order valence-corrected chi connectivity index (χ1v) is 8.37. The van der Waals surface area contributed by atoms with E-state index in [0.29, 0.717) is 0 Å². The molecule has 0 spiro atoms. The van der Waals surface area contributed by atoms with Crippen LogP contribution < -0.4 is 5.46 Å². The molecule has 2 saturated heterocycles. The molecule has 0 unspecified atom stereocenters. The van der Waals surface area contributed by atoms with Crippen molar-refractivity contribution in [3.05, 3.63) is 29.8 Å². The van der Waals surface area contributed by atoms with Gasteiger partial charge in [0.2, 0.25) is 0 Å². The normalized spacial score (nSPS) is 26.4. The van der Waals surface area contributed by atoms with E-state index in [0.717, 1.165) is 31.5 Å². The Morgan fingerprint density at radius 1 is 1.17 bits per heavy atom. The Hall–Kier alpha value is -1.35. The van der Waals surface area contributed by atoms with E-state index < -0.39 is 0 Å². The number of rotatable bonds is 3. The Labute approximate surface area is 139 Å². The Balaban J connectivity index is 1.63. The van der Waals surface area contributed by atoms with Crippen molar-refractivity contribution in [1.82, 2.24) is 4.90 Å². The summed E-state index contributed by atoms with van der Waals surface area (Å²) in [5.74, 6) is 0.194. The highest BCUT2D eigenvalue weighted by Crippen LogP contribution is 2.36. The topological polar surface area (TPSA) is 45.5 Å². The lowest BCUT2D eigenvalue weighted by molar-refractivity contribution is 0.00578. The lowest BCUT2D eigenvalue weighted by atomic mass is 9.79. The summed E-state index contributed by atoms with van der Waals surface area (Å²) < 4.78 is 12.2. The van der Waals surface area contributed by atoms with Gasteiger partial charge in [-0.25, -0.2) is 0 Å². The summed E-state index contributed by atoms with van der Waals surface area (Å²) in [6.45, 7) is 11.1. The van der Waals surface area contributed by atoms with Crippen LogP contribution >= 0.6 is 0 Å². The van der Waals surface area contributed by atoms with Crippen molar-refractivity contribution in [1.29, 1.82) is 5.26 Å². The van der Waals surface area contributed by atoms with Gasteiger partial charge in [0.05, 0.1) is 23.2 Å². The molecule has 0 aliphatic carbocycles. The zero-order valence-electron chi connectivity index (χ0n) is 14.5. The summed E-state index contributed by atoms with van der Waals surface area (Å²) in [5.41, 5.74) is 1.71. The van der Waals surface area contributed by atoms with E-state index in [1.165, 1.54) is 5.56 Å². The third kappa shape index (κ3) is 3.30. The summed E-state index contributed by atoms with van der Waals surface area (Å²) in [4.78, 5) is 2.34. The monoisotopic (exact) mass is 312 g/mol. The van der Waals surface area contributed by atoms with Gasteiger partial charge in [0.1, 0.15) is 0 Å². The Morgan fingerprint density at radius 2 is 1.78 bits per heavy atom. The zero-order valence-corrected chi connectivity index (χ0v) is 14.5. The fourth-order valence-corrected chi connectivity index (χ4v) is 3.10. The number of hydrogen-bond acceptors (Lipinski definition) is 4. The number of nitrogens with zero attached hydrogens (tertiary/aromatic N) is 2. The van der Waals surface area contributed by atoms with Crippen molar-refractivity contribution in [3.8, 4) is 6.07 Å². The van der Waals surface area contributed by atoms with E-state index in [4.69, 9.17) is 14.6 Å². The average molecular weight is 312 g/mol. The van der Waals surface area contributed by atoms with E-state index in [-0.39, 0.29) is 24.2 Å². The molecule has 2 fully saturated rings. The molecule has 1 atom stereocenters. The summed E-state index contributed by atoms with van der Waals surface area (Å²) in [5, 5.41) is 8.99. The maximum Gasteiger partial charge on any atom is 0.494 e. The first-order chi connectivity index (χ1) is 10.8. The number of benzene rings is 1. The number of nitriles is 1. The van der Waals surface area contributed by atoms with Crippen LogP contribution in [0.25, 0.3) is 0 Å². The van der Waals surface area contributed by atoms with Gasteiger partial charge in [-0.15, -0.1) is 0 Å². The molecule has 0 amide bonds. The fourth-order valence-electron chi connectivity index (χ4n) is 3.10. The van der Waals surface area contributed by atoms with Gasteiger partial charge in [-0.1, -0.05) is 24.3 Å². The maximum absolute atomic E-state index is 8.99. The van der Waals surface area contributed by atoms with Crippen LogP contribution in [-0.2, 0) is 15.9 Å². The molecule has 3 rings (SSSR count). The Bertz CT molecular complexity index is 590. The fraction of sp³-hybridized carbons (Fsp3) is 0.611. The minimum atomic E-state index is -0.307. The summed E-state index contributed by atoms with van der Waals surface area (Å²) in [7, 11) is -0.302. The molecule has 23 heavy (non-hydrogen) atoms. The second kappa shape index (κ2) is 5.94. The quantitative estimate of drug-likeness (QED) is 0.804. The molecule has 0 bridgehead atoms. The highest BCUT2D eigenvalue weighted by atomic mass is 16.7. The van der Waals surface area contributed by atoms with Gasteiger partial charge >= 0.3 is 7.12 Å². The van der Waals surface area contributed by atoms with Crippen molar-refractivity contribution in [2.24, 2.45) is 5.92 Å². The zero-order chi connectivity index (χ0) is 16.7. The third-order valence-electron chi connectivity index (χ3n) is 5.37. The van der Waals surface area contributed by atoms with Gasteiger partial charge in [-0.2, -0.15) is 5.26 Å². The second-order valence-corrected chi connectivity index (χ2v) is 7.68. The second-order valence-electron chi connectivity index (χ2n) is 7.68. The molecule has 4 nitrogen and oxygen atoms in total. The van der Waals surface area contributed by atoms with Crippen LogP contribution in [0, 0.1) is 17.2 Å². The van der Waals surface area contributed by atoms with Gasteiger partial charge in [0.15, 0.2) is 0 Å². The number of hydrogen-bond donors (Lipinski definition) is 0. The molecule has 122 valence electrons. The molecule has 2 aliphatic heterocycles. The van der Waals surface area contributed by atoms with Gasteiger partial charge in [0.25, 0.3) is 0 Å². The van der Waals surface area contributed by atoms with E-state index >= 15 is 0 Å². The molecule has 1 aromatic carbocycles. The largest absolute Gasteiger partial charge is 0.494 e. The van der Waals surface area contributed by atoms with Crippen LogP contribution in [0.15, 0.2) is 24.3 Å². The van der Waals surface area contributed by atoms with Crippen LogP contribution in [0.1, 0.15) is 39.7 Å². The predicted octanol–water partition coefficient (Wildman–Crippen LogP) is 2.33.